The van der Waals surface area contributed by atoms with Crippen molar-refractivity contribution in [2.45, 2.75) is 6.92 Å². The number of nitriles is 1. The molecule has 0 atom stereocenters. The van der Waals surface area contributed by atoms with E-state index in [4.69, 9.17) is 5.26 Å². The highest BCUT2D eigenvalue weighted by molar-refractivity contribution is 5.73. The van der Waals surface area contributed by atoms with E-state index in [0.717, 1.165) is 11.1 Å². The molecule has 0 spiro atoms. The van der Waals surface area contributed by atoms with Crippen molar-refractivity contribution in [3.8, 4) is 6.07 Å². The van der Waals surface area contributed by atoms with E-state index in [1.165, 1.54) is 0 Å². The molecule has 0 saturated heterocycles. The quantitative estimate of drug-likeness (QED) is 0.624. The Morgan fingerprint density at radius 2 is 2.31 bits per heavy atom. The molecule has 0 radical (unpaired) electrons. The Hall–Kier alpha value is -1.81. The molecule has 0 heterocycles. The number of rotatable bonds is 2. The summed E-state index contributed by atoms with van der Waals surface area (Å²) in [4.78, 5) is 0. The third kappa shape index (κ3) is 2.07. The van der Waals surface area contributed by atoms with E-state index in [0.29, 0.717) is 5.56 Å². The Morgan fingerprint density at radius 3 is 2.85 bits per heavy atom. The molecule has 1 rings (SSSR count). The van der Waals surface area contributed by atoms with Crippen LogP contribution in [-0.4, -0.2) is 0 Å². The second-order valence-electron chi connectivity index (χ2n) is 2.64. The van der Waals surface area contributed by atoms with Crippen molar-refractivity contribution in [2.24, 2.45) is 0 Å². The number of nitrogens with zero attached hydrogens (tertiary/aromatic N) is 1. The van der Waals surface area contributed by atoms with Crippen molar-refractivity contribution in [1.82, 2.24) is 0 Å². The van der Waals surface area contributed by atoms with E-state index in [-0.39, 0.29) is 0 Å². The first kappa shape index (κ1) is 9.28. The van der Waals surface area contributed by atoms with Gasteiger partial charge in [0.1, 0.15) is 0 Å². The molecule has 1 nitrogen and oxygen atoms in total. The van der Waals surface area contributed by atoms with Crippen molar-refractivity contribution in [3.05, 3.63) is 54.1 Å². The molecule has 0 aliphatic carbocycles. The number of hydrogen-bond donors (Lipinski definition) is 0. The van der Waals surface area contributed by atoms with Crippen LogP contribution < -0.4 is 0 Å². The highest BCUT2D eigenvalue weighted by Crippen LogP contribution is 2.16. The molecule has 0 aromatic heterocycles. The summed E-state index contributed by atoms with van der Waals surface area (Å²) in [5, 5.41) is 8.69. The van der Waals surface area contributed by atoms with Crippen molar-refractivity contribution in [2.75, 3.05) is 0 Å². The molecule has 1 aromatic rings. The van der Waals surface area contributed by atoms with Gasteiger partial charge in [-0.15, -0.1) is 0 Å². The van der Waals surface area contributed by atoms with Gasteiger partial charge < -0.3 is 0 Å². The van der Waals surface area contributed by atoms with Crippen LogP contribution >= 0.6 is 0 Å². The van der Waals surface area contributed by atoms with Gasteiger partial charge in [0.2, 0.25) is 0 Å². The summed E-state index contributed by atoms with van der Waals surface area (Å²) in [7, 11) is 0. The zero-order chi connectivity index (χ0) is 9.68. The van der Waals surface area contributed by atoms with Crippen LogP contribution in [-0.2, 0) is 0 Å². The Balaban J connectivity index is 3.17. The molecular weight excluding hydrogens is 158 g/mol. The Bertz CT molecular complexity index is 380. The van der Waals surface area contributed by atoms with Gasteiger partial charge in [-0.05, 0) is 30.2 Å². The highest BCUT2D eigenvalue weighted by atomic mass is 14.2. The molecule has 0 amide bonds. The SMILES string of the molecule is C=C/C(=C\C)c1cccc(C#N)c1. The lowest BCUT2D eigenvalue weighted by Crippen LogP contribution is -1.81. The normalized spacial score (nSPS) is 10.6. The Morgan fingerprint density at radius 1 is 1.54 bits per heavy atom. The van der Waals surface area contributed by atoms with Crippen molar-refractivity contribution in [1.29, 1.82) is 5.26 Å². The van der Waals surface area contributed by atoms with Crippen LogP contribution in [0.4, 0.5) is 0 Å². The zero-order valence-electron chi connectivity index (χ0n) is 7.62. The third-order valence-electron chi connectivity index (χ3n) is 1.86. The van der Waals surface area contributed by atoms with Gasteiger partial charge in [0.05, 0.1) is 11.6 Å². The third-order valence-corrected chi connectivity index (χ3v) is 1.86. The topological polar surface area (TPSA) is 23.8 Å². The van der Waals surface area contributed by atoms with Crippen LogP contribution in [0.2, 0.25) is 0 Å². The van der Waals surface area contributed by atoms with Crippen LogP contribution in [0.3, 0.4) is 0 Å². The smallest absolute Gasteiger partial charge is 0.0991 e. The molecule has 0 unspecified atom stereocenters. The van der Waals surface area contributed by atoms with Crippen LogP contribution in [0.1, 0.15) is 18.1 Å². The van der Waals surface area contributed by atoms with E-state index >= 15 is 0 Å². The summed E-state index contributed by atoms with van der Waals surface area (Å²) in [5.74, 6) is 0. The zero-order valence-corrected chi connectivity index (χ0v) is 7.62. The molecule has 0 aliphatic rings. The number of hydrogen-bond acceptors (Lipinski definition) is 1. The summed E-state index contributed by atoms with van der Waals surface area (Å²) in [6, 6.07) is 9.60. The molecule has 1 aromatic carbocycles. The predicted octanol–water partition coefficient (Wildman–Crippen LogP) is 3.15. The summed E-state index contributed by atoms with van der Waals surface area (Å²) >= 11 is 0. The minimum Gasteiger partial charge on any atom is -0.192 e. The highest BCUT2D eigenvalue weighted by Gasteiger charge is 1.96. The van der Waals surface area contributed by atoms with Crippen LogP contribution in [0, 0.1) is 11.3 Å². The van der Waals surface area contributed by atoms with E-state index in [1.807, 2.05) is 31.2 Å². The van der Waals surface area contributed by atoms with Gasteiger partial charge in [-0.25, -0.2) is 0 Å². The van der Waals surface area contributed by atoms with Crippen molar-refractivity contribution >= 4 is 5.57 Å². The van der Waals surface area contributed by atoms with Gasteiger partial charge in [0.25, 0.3) is 0 Å². The first-order chi connectivity index (χ1) is 6.31. The van der Waals surface area contributed by atoms with Gasteiger partial charge in [-0.1, -0.05) is 30.9 Å². The standard InChI is InChI=1S/C12H11N/c1-3-11(4-2)12-7-5-6-10(8-12)9-13/h3-8H,1H2,2H3/b11-4+. The van der Waals surface area contributed by atoms with E-state index in [9.17, 15) is 0 Å². The fraction of sp³-hybridized carbons (Fsp3) is 0.0833. The van der Waals surface area contributed by atoms with E-state index in [2.05, 4.69) is 12.6 Å². The first-order valence-electron chi connectivity index (χ1n) is 4.11. The molecule has 0 N–H and O–H groups in total. The average Bonchev–Trinajstić information content (AvgIpc) is 2.20. The molecule has 0 bridgehead atoms. The maximum Gasteiger partial charge on any atom is 0.0991 e. The summed E-state index contributed by atoms with van der Waals surface area (Å²) in [5.41, 5.74) is 2.77. The maximum atomic E-state index is 8.69. The van der Waals surface area contributed by atoms with E-state index in [1.54, 1.807) is 12.1 Å². The average molecular weight is 169 g/mol. The van der Waals surface area contributed by atoms with Gasteiger partial charge in [0.15, 0.2) is 0 Å². The van der Waals surface area contributed by atoms with Gasteiger partial charge in [-0.2, -0.15) is 5.26 Å². The summed E-state index contributed by atoms with van der Waals surface area (Å²) < 4.78 is 0. The first-order valence-corrected chi connectivity index (χ1v) is 4.11. The lowest BCUT2D eigenvalue weighted by molar-refractivity contribution is 1.47. The molecule has 0 aliphatic heterocycles. The second-order valence-corrected chi connectivity index (χ2v) is 2.64. The fourth-order valence-corrected chi connectivity index (χ4v) is 1.17. The van der Waals surface area contributed by atoms with Crippen molar-refractivity contribution < 1.29 is 0 Å². The number of allylic oxidation sites excluding steroid dienone is 3. The second kappa shape index (κ2) is 4.27. The molecule has 64 valence electrons. The van der Waals surface area contributed by atoms with Gasteiger partial charge in [-0.3, -0.25) is 0 Å². The fourth-order valence-electron chi connectivity index (χ4n) is 1.17. The lowest BCUT2D eigenvalue weighted by Gasteiger charge is -2.00. The van der Waals surface area contributed by atoms with Crippen LogP contribution in [0.25, 0.3) is 5.57 Å². The minimum atomic E-state index is 0.679. The molecule has 13 heavy (non-hydrogen) atoms. The monoisotopic (exact) mass is 169 g/mol. The summed E-state index contributed by atoms with van der Waals surface area (Å²) in [6.07, 6.45) is 3.76. The van der Waals surface area contributed by atoms with E-state index < -0.39 is 0 Å². The number of benzene rings is 1. The van der Waals surface area contributed by atoms with Crippen LogP contribution in [0.15, 0.2) is 43.0 Å². The molecule has 1 heteroatoms. The Labute approximate surface area is 78.6 Å². The Kier molecular flexibility index (Phi) is 3.05. The predicted molar refractivity (Wildman–Crippen MR) is 55.0 cm³/mol. The maximum absolute atomic E-state index is 8.69. The lowest BCUT2D eigenvalue weighted by atomic mass is 10.0. The van der Waals surface area contributed by atoms with Crippen molar-refractivity contribution in [3.63, 3.8) is 0 Å². The molecule has 0 fully saturated rings. The van der Waals surface area contributed by atoms with Gasteiger partial charge in [0, 0.05) is 0 Å². The molecule has 0 saturated carbocycles. The largest absolute Gasteiger partial charge is 0.192 e. The van der Waals surface area contributed by atoms with Gasteiger partial charge >= 0.3 is 0 Å². The minimum absolute atomic E-state index is 0.679. The van der Waals surface area contributed by atoms with Crippen LogP contribution in [0.5, 0.6) is 0 Å². The molecular formula is C12H11N. The summed E-state index contributed by atoms with van der Waals surface area (Å²) in [6.45, 7) is 5.67.